The van der Waals surface area contributed by atoms with Crippen LogP contribution in [0.25, 0.3) is 0 Å². The van der Waals surface area contributed by atoms with Gasteiger partial charge in [0.1, 0.15) is 5.60 Å². The van der Waals surface area contributed by atoms with Crippen LogP contribution < -0.4 is 5.32 Å². The molecule has 16 heavy (non-hydrogen) atoms. The minimum absolute atomic E-state index is 0.200. The average molecular weight is 229 g/mol. The molecule has 0 amide bonds. The second-order valence-corrected chi connectivity index (χ2v) is 5.45. The first-order valence-electron chi connectivity index (χ1n) is 5.98. The Morgan fingerprint density at radius 2 is 2.12 bits per heavy atom. The lowest BCUT2D eigenvalue weighted by Gasteiger charge is -2.22. The topological polar surface area (TPSA) is 58.6 Å². The number of aliphatic hydroxyl groups excluding tert-OH is 1. The average Bonchev–Trinajstić information content (AvgIpc) is 2.59. The first kappa shape index (κ1) is 13.5. The van der Waals surface area contributed by atoms with Crippen LogP contribution in [0.4, 0.5) is 0 Å². The molecule has 0 heterocycles. The van der Waals surface area contributed by atoms with E-state index in [0.29, 0.717) is 5.92 Å². The van der Waals surface area contributed by atoms with E-state index >= 15 is 0 Å². The van der Waals surface area contributed by atoms with E-state index in [-0.39, 0.29) is 25.2 Å². The number of hydrogen-bond donors (Lipinski definition) is 2. The van der Waals surface area contributed by atoms with Crippen LogP contribution >= 0.6 is 0 Å². The maximum Gasteiger partial charge on any atom is 0.320 e. The fourth-order valence-electron chi connectivity index (χ4n) is 2.12. The lowest BCUT2D eigenvalue weighted by Crippen LogP contribution is -2.39. The van der Waals surface area contributed by atoms with Crippen molar-refractivity contribution in [1.82, 2.24) is 5.32 Å². The van der Waals surface area contributed by atoms with Gasteiger partial charge >= 0.3 is 5.97 Å². The molecule has 0 bridgehead atoms. The van der Waals surface area contributed by atoms with Gasteiger partial charge in [0.15, 0.2) is 0 Å². The van der Waals surface area contributed by atoms with E-state index in [1.54, 1.807) is 0 Å². The van der Waals surface area contributed by atoms with Gasteiger partial charge in [-0.05, 0) is 39.5 Å². The van der Waals surface area contributed by atoms with Crippen molar-refractivity contribution >= 4 is 5.97 Å². The normalized spacial score (nSPS) is 25.8. The molecular formula is C12H23NO3. The maximum absolute atomic E-state index is 11.5. The molecule has 4 heteroatoms. The van der Waals surface area contributed by atoms with Crippen LogP contribution in [0.3, 0.4) is 0 Å². The van der Waals surface area contributed by atoms with Gasteiger partial charge in [-0.1, -0.05) is 6.42 Å². The van der Waals surface area contributed by atoms with Crippen molar-refractivity contribution in [1.29, 1.82) is 0 Å². The molecule has 1 rings (SSSR count). The highest BCUT2D eigenvalue weighted by molar-refractivity contribution is 5.72. The zero-order valence-corrected chi connectivity index (χ0v) is 10.5. The maximum atomic E-state index is 11.5. The van der Waals surface area contributed by atoms with Crippen molar-refractivity contribution < 1.29 is 14.6 Å². The molecule has 0 aromatic carbocycles. The Labute approximate surface area is 97.4 Å². The third-order valence-corrected chi connectivity index (χ3v) is 2.82. The van der Waals surface area contributed by atoms with Crippen molar-refractivity contribution in [3.05, 3.63) is 0 Å². The van der Waals surface area contributed by atoms with Gasteiger partial charge in [-0.2, -0.15) is 0 Å². The number of aliphatic hydroxyl groups is 1. The minimum Gasteiger partial charge on any atom is -0.459 e. The predicted molar refractivity (Wildman–Crippen MR) is 62.1 cm³/mol. The Morgan fingerprint density at radius 1 is 1.44 bits per heavy atom. The van der Waals surface area contributed by atoms with Crippen molar-refractivity contribution in [2.24, 2.45) is 5.92 Å². The molecule has 94 valence electrons. The smallest absolute Gasteiger partial charge is 0.320 e. The lowest BCUT2D eigenvalue weighted by molar-refractivity contribution is -0.153. The third-order valence-electron chi connectivity index (χ3n) is 2.82. The van der Waals surface area contributed by atoms with Crippen LogP contribution in [0, 0.1) is 5.92 Å². The van der Waals surface area contributed by atoms with Crippen molar-refractivity contribution in [3.63, 3.8) is 0 Å². The Hall–Kier alpha value is -0.610. The van der Waals surface area contributed by atoms with E-state index in [1.165, 1.54) is 0 Å². The van der Waals surface area contributed by atoms with Crippen LogP contribution in [0.15, 0.2) is 0 Å². The van der Waals surface area contributed by atoms with Gasteiger partial charge in [-0.25, -0.2) is 0 Å². The van der Waals surface area contributed by atoms with E-state index < -0.39 is 5.60 Å². The van der Waals surface area contributed by atoms with E-state index in [1.807, 2.05) is 20.8 Å². The minimum atomic E-state index is -0.426. The Balaban J connectivity index is 2.26. The summed E-state index contributed by atoms with van der Waals surface area (Å²) in [6.07, 6.45) is 3.20. The zero-order chi connectivity index (χ0) is 12.2. The second kappa shape index (κ2) is 5.64. The molecule has 1 fully saturated rings. The molecule has 0 saturated heterocycles. The molecule has 1 saturated carbocycles. The standard InChI is InChI=1S/C12H23NO3/c1-12(2,3)16-11(15)7-13-10-6-4-5-9(10)8-14/h9-10,13-14H,4-8H2,1-3H3. The fourth-order valence-corrected chi connectivity index (χ4v) is 2.12. The highest BCUT2D eigenvalue weighted by Crippen LogP contribution is 2.24. The first-order valence-corrected chi connectivity index (χ1v) is 5.98. The van der Waals surface area contributed by atoms with E-state index in [0.717, 1.165) is 19.3 Å². The summed E-state index contributed by atoms with van der Waals surface area (Å²) in [5.74, 6) is 0.0681. The molecule has 2 unspecified atom stereocenters. The van der Waals surface area contributed by atoms with Crippen LogP contribution in [-0.2, 0) is 9.53 Å². The van der Waals surface area contributed by atoms with Gasteiger partial charge in [0, 0.05) is 12.6 Å². The number of hydrogen-bond acceptors (Lipinski definition) is 4. The largest absolute Gasteiger partial charge is 0.459 e. The Bertz CT molecular complexity index is 235. The highest BCUT2D eigenvalue weighted by atomic mass is 16.6. The van der Waals surface area contributed by atoms with Gasteiger partial charge in [0.05, 0.1) is 6.54 Å². The molecule has 2 atom stereocenters. The lowest BCUT2D eigenvalue weighted by atomic mass is 10.1. The summed E-state index contributed by atoms with van der Waals surface area (Å²) < 4.78 is 5.20. The van der Waals surface area contributed by atoms with E-state index in [4.69, 9.17) is 9.84 Å². The molecular weight excluding hydrogens is 206 g/mol. The Morgan fingerprint density at radius 3 is 2.69 bits per heavy atom. The van der Waals surface area contributed by atoms with Gasteiger partial charge in [0.2, 0.25) is 0 Å². The molecule has 0 aromatic heterocycles. The molecule has 0 spiro atoms. The number of carbonyl (C=O) groups is 1. The monoisotopic (exact) mass is 229 g/mol. The predicted octanol–water partition coefficient (Wildman–Crippen LogP) is 1.08. The van der Waals surface area contributed by atoms with Gasteiger partial charge in [-0.3, -0.25) is 4.79 Å². The zero-order valence-electron chi connectivity index (χ0n) is 10.5. The molecule has 1 aliphatic carbocycles. The van der Waals surface area contributed by atoms with Gasteiger partial charge < -0.3 is 15.2 Å². The Kier molecular flexibility index (Phi) is 4.74. The summed E-state index contributed by atoms with van der Waals surface area (Å²) in [5, 5.41) is 12.3. The third kappa shape index (κ3) is 4.49. The van der Waals surface area contributed by atoms with Crippen LogP contribution in [0.1, 0.15) is 40.0 Å². The molecule has 1 aliphatic rings. The number of carbonyl (C=O) groups excluding carboxylic acids is 1. The molecule has 0 radical (unpaired) electrons. The van der Waals surface area contributed by atoms with E-state index in [2.05, 4.69) is 5.32 Å². The summed E-state index contributed by atoms with van der Waals surface area (Å²) in [4.78, 5) is 11.5. The SMILES string of the molecule is CC(C)(C)OC(=O)CNC1CCCC1CO. The number of esters is 1. The summed E-state index contributed by atoms with van der Waals surface area (Å²) in [5.41, 5.74) is -0.426. The second-order valence-electron chi connectivity index (χ2n) is 5.45. The molecule has 0 aliphatic heterocycles. The van der Waals surface area contributed by atoms with Gasteiger partial charge in [-0.15, -0.1) is 0 Å². The summed E-state index contributed by atoms with van der Waals surface area (Å²) in [6, 6.07) is 0.262. The number of ether oxygens (including phenoxy) is 1. The molecule has 2 N–H and O–H groups in total. The molecule has 0 aromatic rings. The van der Waals surface area contributed by atoms with Crippen LogP contribution in [0.2, 0.25) is 0 Å². The summed E-state index contributed by atoms with van der Waals surface area (Å²) >= 11 is 0. The van der Waals surface area contributed by atoms with E-state index in [9.17, 15) is 4.79 Å². The van der Waals surface area contributed by atoms with Crippen molar-refractivity contribution in [2.45, 2.75) is 51.7 Å². The number of nitrogens with one attached hydrogen (secondary N) is 1. The summed E-state index contributed by atoms with van der Waals surface area (Å²) in [7, 11) is 0. The quantitative estimate of drug-likeness (QED) is 0.708. The summed E-state index contributed by atoms with van der Waals surface area (Å²) in [6.45, 7) is 6.01. The van der Waals surface area contributed by atoms with Crippen LogP contribution in [0.5, 0.6) is 0 Å². The van der Waals surface area contributed by atoms with Crippen LogP contribution in [-0.4, -0.2) is 35.9 Å². The number of rotatable bonds is 4. The van der Waals surface area contributed by atoms with Crippen molar-refractivity contribution in [2.75, 3.05) is 13.2 Å². The highest BCUT2D eigenvalue weighted by Gasteiger charge is 2.27. The van der Waals surface area contributed by atoms with Crippen molar-refractivity contribution in [3.8, 4) is 0 Å². The van der Waals surface area contributed by atoms with Gasteiger partial charge in [0.25, 0.3) is 0 Å². The first-order chi connectivity index (χ1) is 7.42. The molecule has 4 nitrogen and oxygen atoms in total. The fraction of sp³-hybridized carbons (Fsp3) is 0.917.